The summed E-state index contributed by atoms with van der Waals surface area (Å²) in [5.74, 6) is 0.677. The number of aliphatic hydroxyl groups excluding tert-OH is 1. The van der Waals surface area contributed by atoms with E-state index in [-0.39, 0.29) is 6.23 Å². The average molecular weight is 129 g/mol. The van der Waals surface area contributed by atoms with Crippen LogP contribution in [-0.4, -0.2) is 17.4 Å². The molecule has 1 rings (SSSR count). The quantitative estimate of drug-likeness (QED) is 0.505. The van der Waals surface area contributed by atoms with Gasteiger partial charge in [0.25, 0.3) is 0 Å². The van der Waals surface area contributed by atoms with Crippen molar-refractivity contribution in [2.24, 2.45) is 5.92 Å². The molecular formula is C7H15NO. The monoisotopic (exact) mass is 129 g/mol. The topological polar surface area (TPSA) is 32.3 Å². The maximum atomic E-state index is 9.14. The molecule has 3 atom stereocenters. The minimum atomic E-state index is -0.260. The Hall–Kier alpha value is -0.0800. The van der Waals surface area contributed by atoms with Crippen LogP contribution < -0.4 is 5.32 Å². The zero-order valence-corrected chi connectivity index (χ0v) is 6.09. The second-order valence-electron chi connectivity index (χ2n) is 3.16. The smallest absolute Gasteiger partial charge is 0.105 e. The molecule has 0 aromatic rings. The predicted molar refractivity (Wildman–Crippen MR) is 37.0 cm³/mol. The maximum Gasteiger partial charge on any atom is 0.105 e. The van der Waals surface area contributed by atoms with E-state index in [0.29, 0.717) is 12.0 Å². The Morgan fingerprint density at radius 3 is 2.44 bits per heavy atom. The highest BCUT2D eigenvalue weighted by Gasteiger charge is 2.20. The molecule has 0 aromatic heterocycles. The maximum absolute atomic E-state index is 9.14. The first-order chi connectivity index (χ1) is 4.18. The number of aliphatic hydroxyl groups is 1. The largest absolute Gasteiger partial charge is 0.379 e. The van der Waals surface area contributed by atoms with E-state index in [1.165, 1.54) is 6.42 Å². The van der Waals surface area contributed by atoms with Crippen molar-refractivity contribution in [1.82, 2.24) is 5.32 Å². The van der Waals surface area contributed by atoms with Crippen LogP contribution in [0.3, 0.4) is 0 Å². The molecule has 1 heterocycles. The first-order valence-corrected chi connectivity index (χ1v) is 3.62. The van der Waals surface area contributed by atoms with E-state index in [1.807, 2.05) is 0 Å². The van der Waals surface area contributed by atoms with Gasteiger partial charge in [-0.3, -0.25) is 5.32 Å². The highest BCUT2D eigenvalue weighted by molar-refractivity contribution is 4.74. The van der Waals surface area contributed by atoms with Crippen molar-refractivity contribution < 1.29 is 5.11 Å². The van der Waals surface area contributed by atoms with Gasteiger partial charge >= 0.3 is 0 Å². The van der Waals surface area contributed by atoms with E-state index in [9.17, 15) is 0 Å². The fourth-order valence-corrected chi connectivity index (χ4v) is 1.55. The molecule has 0 amide bonds. The van der Waals surface area contributed by atoms with Crippen LogP contribution in [0.15, 0.2) is 0 Å². The number of piperidine rings is 1. The number of nitrogens with one attached hydrogen (secondary N) is 1. The lowest BCUT2D eigenvalue weighted by Gasteiger charge is -2.29. The van der Waals surface area contributed by atoms with Gasteiger partial charge in [0, 0.05) is 6.04 Å². The Bertz CT molecular complexity index is 69.9. The van der Waals surface area contributed by atoms with E-state index in [0.717, 1.165) is 6.42 Å². The number of rotatable bonds is 0. The lowest BCUT2D eigenvalue weighted by atomic mass is 9.94. The Morgan fingerprint density at radius 2 is 2.00 bits per heavy atom. The van der Waals surface area contributed by atoms with Gasteiger partial charge in [-0.15, -0.1) is 0 Å². The summed E-state index contributed by atoms with van der Waals surface area (Å²) < 4.78 is 0. The molecule has 0 saturated carbocycles. The molecule has 1 aliphatic rings. The van der Waals surface area contributed by atoms with Crippen LogP contribution >= 0.6 is 0 Å². The van der Waals surface area contributed by atoms with Crippen LogP contribution in [0, 0.1) is 5.92 Å². The molecule has 2 N–H and O–H groups in total. The lowest BCUT2D eigenvalue weighted by molar-refractivity contribution is 0.0661. The van der Waals surface area contributed by atoms with Crippen molar-refractivity contribution in [2.45, 2.75) is 39.0 Å². The number of hydrogen-bond donors (Lipinski definition) is 2. The molecule has 0 aromatic carbocycles. The van der Waals surface area contributed by atoms with Gasteiger partial charge in [-0.05, 0) is 25.7 Å². The Kier molecular flexibility index (Phi) is 2.09. The fourth-order valence-electron chi connectivity index (χ4n) is 1.55. The summed E-state index contributed by atoms with van der Waals surface area (Å²) in [4.78, 5) is 0. The van der Waals surface area contributed by atoms with Gasteiger partial charge < -0.3 is 5.11 Å². The van der Waals surface area contributed by atoms with Crippen LogP contribution in [-0.2, 0) is 0 Å². The van der Waals surface area contributed by atoms with Crippen molar-refractivity contribution in [3.8, 4) is 0 Å². The van der Waals surface area contributed by atoms with E-state index in [2.05, 4.69) is 19.2 Å². The zero-order chi connectivity index (χ0) is 6.85. The summed E-state index contributed by atoms with van der Waals surface area (Å²) >= 11 is 0. The Balaban J connectivity index is 2.34. The van der Waals surface area contributed by atoms with Crippen molar-refractivity contribution in [3.63, 3.8) is 0 Å². The summed E-state index contributed by atoms with van der Waals surface area (Å²) in [7, 11) is 0. The van der Waals surface area contributed by atoms with Crippen molar-refractivity contribution in [2.75, 3.05) is 0 Å². The summed E-state index contributed by atoms with van der Waals surface area (Å²) in [6.07, 6.45) is 1.84. The zero-order valence-electron chi connectivity index (χ0n) is 6.09. The van der Waals surface area contributed by atoms with Crippen LogP contribution in [0.4, 0.5) is 0 Å². The van der Waals surface area contributed by atoms with Crippen LogP contribution in [0.25, 0.3) is 0 Å². The van der Waals surface area contributed by atoms with Gasteiger partial charge in [-0.2, -0.15) is 0 Å². The minimum Gasteiger partial charge on any atom is -0.379 e. The fraction of sp³-hybridized carbons (Fsp3) is 1.00. The third-order valence-electron chi connectivity index (χ3n) is 1.86. The summed E-state index contributed by atoms with van der Waals surface area (Å²) in [5, 5.41) is 12.2. The van der Waals surface area contributed by atoms with E-state index >= 15 is 0 Å². The van der Waals surface area contributed by atoms with Gasteiger partial charge in [-0.1, -0.05) is 6.92 Å². The van der Waals surface area contributed by atoms with Gasteiger partial charge in [0.1, 0.15) is 6.23 Å². The van der Waals surface area contributed by atoms with Gasteiger partial charge in [-0.25, -0.2) is 0 Å². The first-order valence-electron chi connectivity index (χ1n) is 3.62. The van der Waals surface area contributed by atoms with Gasteiger partial charge in [0.15, 0.2) is 0 Å². The van der Waals surface area contributed by atoms with Crippen LogP contribution in [0.2, 0.25) is 0 Å². The molecule has 1 saturated heterocycles. The third-order valence-corrected chi connectivity index (χ3v) is 1.86. The summed E-state index contributed by atoms with van der Waals surface area (Å²) in [6.45, 7) is 4.29. The standard InChI is InChI=1S/C7H15NO/c1-5-3-6(2)8-7(9)4-5/h5-9H,3-4H2,1-2H3. The highest BCUT2D eigenvalue weighted by atomic mass is 16.3. The van der Waals surface area contributed by atoms with Crippen molar-refractivity contribution in [1.29, 1.82) is 0 Å². The molecule has 2 nitrogen and oxygen atoms in total. The summed E-state index contributed by atoms with van der Waals surface area (Å²) in [6, 6.07) is 0.490. The van der Waals surface area contributed by atoms with E-state index in [4.69, 9.17) is 5.11 Å². The molecule has 0 aliphatic carbocycles. The molecule has 2 heteroatoms. The SMILES string of the molecule is CC1CC(C)NC(O)C1. The second-order valence-corrected chi connectivity index (χ2v) is 3.16. The predicted octanol–water partition coefficient (Wildman–Crippen LogP) is 0.713. The minimum absolute atomic E-state index is 0.260. The third kappa shape index (κ3) is 1.95. The normalized spacial score (nSPS) is 45.0. The number of hydrogen-bond acceptors (Lipinski definition) is 2. The van der Waals surface area contributed by atoms with Gasteiger partial charge in [0.2, 0.25) is 0 Å². The molecule has 0 bridgehead atoms. The lowest BCUT2D eigenvalue weighted by Crippen LogP contribution is -2.43. The summed E-state index contributed by atoms with van der Waals surface area (Å²) in [5.41, 5.74) is 0. The van der Waals surface area contributed by atoms with Gasteiger partial charge in [0.05, 0.1) is 0 Å². The molecule has 54 valence electrons. The van der Waals surface area contributed by atoms with Crippen LogP contribution in [0.5, 0.6) is 0 Å². The van der Waals surface area contributed by atoms with Crippen LogP contribution in [0.1, 0.15) is 26.7 Å². The molecular weight excluding hydrogens is 114 g/mol. The molecule has 0 spiro atoms. The molecule has 1 aliphatic heterocycles. The molecule has 0 radical (unpaired) electrons. The Labute approximate surface area is 56.3 Å². The van der Waals surface area contributed by atoms with E-state index in [1.54, 1.807) is 0 Å². The Morgan fingerprint density at radius 1 is 1.33 bits per heavy atom. The average Bonchev–Trinajstić information content (AvgIpc) is 1.59. The van der Waals surface area contributed by atoms with Crippen molar-refractivity contribution >= 4 is 0 Å². The molecule has 1 fully saturated rings. The highest BCUT2D eigenvalue weighted by Crippen LogP contribution is 2.17. The molecule has 3 unspecified atom stereocenters. The van der Waals surface area contributed by atoms with Crippen molar-refractivity contribution in [3.05, 3.63) is 0 Å². The molecule has 9 heavy (non-hydrogen) atoms. The first kappa shape index (κ1) is 7.03. The van der Waals surface area contributed by atoms with E-state index < -0.39 is 0 Å². The second kappa shape index (κ2) is 2.67.